The molecule has 1 nitrogen and oxygen atoms in total. The van der Waals surface area contributed by atoms with E-state index < -0.39 is 24.8 Å². The molecular weight excluding hydrogens is 209 g/mol. The van der Waals surface area contributed by atoms with Crippen molar-refractivity contribution in [3.63, 3.8) is 0 Å². The summed E-state index contributed by atoms with van der Waals surface area (Å²) in [6.45, 7) is -2.64. The van der Waals surface area contributed by atoms with Crippen molar-refractivity contribution in [3.8, 4) is 0 Å². The summed E-state index contributed by atoms with van der Waals surface area (Å²) < 4.78 is 85.5. The zero-order chi connectivity index (χ0) is 10.9. The van der Waals surface area contributed by atoms with E-state index in [1.54, 1.807) is 0 Å². The summed E-state index contributed by atoms with van der Waals surface area (Å²) in [5.41, 5.74) is 0. The molecule has 0 aromatic rings. The summed E-state index contributed by atoms with van der Waals surface area (Å²) >= 11 is 0. The van der Waals surface area contributed by atoms with Gasteiger partial charge in [0.25, 0.3) is 0 Å². The van der Waals surface area contributed by atoms with Gasteiger partial charge in [0, 0.05) is 6.92 Å². The summed E-state index contributed by atoms with van der Waals surface area (Å²) in [4.78, 5) is 0. The molecule has 80 valence electrons. The Morgan fingerprint density at radius 3 is 1.46 bits per heavy atom. The van der Waals surface area contributed by atoms with E-state index in [-0.39, 0.29) is 6.92 Å². The van der Waals surface area contributed by atoms with Crippen LogP contribution >= 0.6 is 0 Å². The van der Waals surface area contributed by atoms with Crippen LogP contribution in [0, 0.1) is 0 Å². The number of ether oxygens (including phenoxy) is 1. The van der Waals surface area contributed by atoms with Gasteiger partial charge < -0.3 is 4.74 Å². The summed E-state index contributed by atoms with van der Waals surface area (Å²) in [7, 11) is 0. The van der Waals surface area contributed by atoms with Crippen molar-refractivity contribution >= 4 is 0 Å². The minimum absolute atomic E-state index is 0.351. The third-order valence-corrected chi connectivity index (χ3v) is 1.18. The number of hydrogen-bond acceptors (Lipinski definition) is 1. The maximum atomic E-state index is 12.5. The van der Waals surface area contributed by atoms with Crippen molar-refractivity contribution in [3.05, 3.63) is 0 Å². The molecule has 0 aliphatic carbocycles. The van der Waals surface area contributed by atoms with Crippen LogP contribution in [0.1, 0.15) is 6.92 Å². The molecule has 13 heavy (non-hydrogen) atoms. The fourth-order valence-electron chi connectivity index (χ4n) is 0.533. The lowest BCUT2D eigenvalue weighted by molar-refractivity contribution is -0.402. The van der Waals surface area contributed by atoms with Gasteiger partial charge in [-0.15, -0.1) is 0 Å². The van der Waals surface area contributed by atoms with Crippen molar-refractivity contribution in [2.75, 3.05) is 6.86 Å². The second-order valence-electron chi connectivity index (χ2n) is 2.23. The molecule has 0 aromatic carbocycles. The Hall–Kier alpha value is -0.530. The Bertz CT molecular complexity index is 155. The van der Waals surface area contributed by atoms with Crippen LogP contribution in [0.2, 0.25) is 0 Å². The van der Waals surface area contributed by atoms with Gasteiger partial charge in [-0.3, -0.25) is 0 Å². The van der Waals surface area contributed by atoms with Crippen LogP contribution in [0.4, 0.5) is 30.7 Å². The Labute approximate surface area is 68.5 Å². The lowest BCUT2D eigenvalue weighted by atomic mass is 10.1. The van der Waals surface area contributed by atoms with Gasteiger partial charge in [-0.05, 0) is 0 Å². The maximum Gasteiger partial charge on any atom is 0.455 e. The van der Waals surface area contributed by atoms with Crippen LogP contribution in [0.15, 0.2) is 0 Å². The van der Waals surface area contributed by atoms with E-state index in [0.717, 1.165) is 0 Å². The number of hydrogen-bond donors (Lipinski definition) is 0. The third kappa shape index (κ3) is 2.23. The zero-order valence-corrected chi connectivity index (χ0v) is 6.26. The molecule has 0 spiro atoms. The largest absolute Gasteiger partial charge is 0.455 e. The van der Waals surface area contributed by atoms with E-state index in [0.29, 0.717) is 0 Å². The van der Waals surface area contributed by atoms with E-state index in [2.05, 4.69) is 4.74 Å². The highest BCUT2D eigenvalue weighted by Crippen LogP contribution is 2.45. The minimum Gasteiger partial charge on any atom is -0.302 e. The molecule has 0 amide bonds. The summed E-state index contributed by atoms with van der Waals surface area (Å²) in [5, 5.41) is 0. The first-order chi connectivity index (χ1) is 5.56. The SMILES string of the molecule is CC(F)(F)C(F)(OCF)C(F)(F)F. The summed E-state index contributed by atoms with van der Waals surface area (Å²) in [5.74, 6) is -10.1. The van der Waals surface area contributed by atoms with E-state index in [9.17, 15) is 30.7 Å². The molecule has 0 aromatic heterocycles. The van der Waals surface area contributed by atoms with Crippen LogP contribution in [-0.4, -0.2) is 24.8 Å². The first kappa shape index (κ1) is 12.5. The second-order valence-corrected chi connectivity index (χ2v) is 2.23. The van der Waals surface area contributed by atoms with Gasteiger partial charge in [-0.2, -0.15) is 17.6 Å². The van der Waals surface area contributed by atoms with Crippen LogP contribution < -0.4 is 0 Å². The van der Waals surface area contributed by atoms with E-state index in [1.165, 1.54) is 0 Å². The van der Waals surface area contributed by atoms with Gasteiger partial charge in [-0.1, -0.05) is 0 Å². The van der Waals surface area contributed by atoms with Crippen LogP contribution in [-0.2, 0) is 4.74 Å². The monoisotopic (exact) mass is 214 g/mol. The molecule has 0 rings (SSSR count). The van der Waals surface area contributed by atoms with Crippen molar-refractivity contribution in [1.82, 2.24) is 0 Å². The molecule has 0 heterocycles. The predicted octanol–water partition coefficient (Wildman–Crippen LogP) is 2.81. The van der Waals surface area contributed by atoms with Crippen LogP contribution in [0.3, 0.4) is 0 Å². The molecule has 1 unspecified atom stereocenters. The average Bonchev–Trinajstić information content (AvgIpc) is 1.82. The number of halogens is 7. The molecule has 8 heteroatoms. The first-order valence-electron chi connectivity index (χ1n) is 2.89. The van der Waals surface area contributed by atoms with Gasteiger partial charge in [0.1, 0.15) is 0 Å². The molecule has 1 atom stereocenters. The average molecular weight is 214 g/mol. The standard InChI is InChI=1S/C5H5F7O/c1-3(7,8)4(9,13-2-6)5(10,11)12/h2H2,1H3. The highest BCUT2D eigenvalue weighted by Gasteiger charge is 2.70. The minimum atomic E-state index is -5.99. The fourth-order valence-corrected chi connectivity index (χ4v) is 0.533. The lowest BCUT2D eigenvalue weighted by Gasteiger charge is -2.31. The zero-order valence-electron chi connectivity index (χ0n) is 6.26. The van der Waals surface area contributed by atoms with E-state index in [4.69, 9.17) is 0 Å². The van der Waals surface area contributed by atoms with E-state index in [1.807, 2.05) is 0 Å². The van der Waals surface area contributed by atoms with Gasteiger partial charge in [0.05, 0.1) is 0 Å². The van der Waals surface area contributed by atoms with Crippen molar-refractivity contribution in [2.45, 2.75) is 24.9 Å². The number of alkyl halides is 7. The van der Waals surface area contributed by atoms with Crippen molar-refractivity contribution < 1.29 is 35.5 Å². The normalized spacial score (nSPS) is 18.5. The molecule has 0 N–H and O–H groups in total. The van der Waals surface area contributed by atoms with Crippen molar-refractivity contribution in [1.29, 1.82) is 0 Å². The molecule has 0 radical (unpaired) electrons. The van der Waals surface area contributed by atoms with Gasteiger partial charge in [0.15, 0.2) is 6.86 Å². The van der Waals surface area contributed by atoms with Crippen LogP contribution in [0.25, 0.3) is 0 Å². The lowest BCUT2D eigenvalue weighted by Crippen LogP contribution is -2.55. The highest BCUT2D eigenvalue weighted by molar-refractivity contribution is 4.88. The van der Waals surface area contributed by atoms with Crippen molar-refractivity contribution in [2.24, 2.45) is 0 Å². The molecule has 0 fully saturated rings. The van der Waals surface area contributed by atoms with Gasteiger partial charge >= 0.3 is 18.0 Å². The summed E-state index contributed by atoms with van der Waals surface area (Å²) in [6.07, 6.45) is -5.99. The molecule has 0 saturated heterocycles. The van der Waals surface area contributed by atoms with E-state index >= 15 is 0 Å². The smallest absolute Gasteiger partial charge is 0.302 e. The van der Waals surface area contributed by atoms with Gasteiger partial charge in [-0.25, -0.2) is 13.2 Å². The molecular formula is C5H5F7O. The summed E-state index contributed by atoms with van der Waals surface area (Å²) in [6, 6.07) is 0. The second kappa shape index (κ2) is 3.32. The topological polar surface area (TPSA) is 9.23 Å². The fraction of sp³-hybridized carbons (Fsp3) is 1.00. The third-order valence-electron chi connectivity index (χ3n) is 1.18. The molecule has 0 saturated carbocycles. The van der Waals surface area contributed by atoms with Gasteiger partial charge in [0.2, 0.25) is 0 Å². The highest BCUT2D eigenvalue weighted by atomic mass is 19.4. The Morgan fingerprint density at radius 2 is 1.38 bits per heavy atom. The Balaban J connectivity index is 4.96. The molecule has 0 bridgehead atoms. The molecule has 0 aliphatic rings. The predicted molar refractivity (Wildman–Crippen MR) is 27.6 cm³/mol. The molecule has 0 aliphatic heterocycles. The number of rotatable bonds is 3. The first-order valence-corrected chi connectivity index (χ1v) is 2.89. The van der Waals surface area contributed by atoms with Crippen LogP contribution in [0.5, 0.6) is 0 Å². The Morgan fingerprint density at radius 1 is 1.00 bits per heavy atom. The quantitative estimate of drug-likeness (QED) is 0.656. The maximum absolute atomic E-state index is 12.5. The Kier molecular flexibility index (Phi) is 3.18.